The van der Waals surface area contributed by atoms with Gasteiger partial charge in [0.15, 0.2) is 5.78 Å². The minimum absolute atomic E-state index is 0.102. The van der Waals surface area contributed by atoms with Crippen LogP contribution >= 0.6 is 11.3 Å². The van der Waals surface area contributed by atoms with Crippen molar-refractivity contribution in [3.63, 3.8) is 0 Å². The molecule has 0 aliphatic carbocycles. The third-order valence-electron chi connectivity index (χ3n) is 3.04. The predicted molar refractivity (Wildman–Crippen MR) is 86.8 cm³/mol. The molecule has 1 N–H and O–H groups in total. The van der Waals surface area contributed by atoms with E-state index in [1.165, 1.54) is 13.2 Å². The highest BCUT2D eigenvalue weighted by Crippen LogP contribution is 2.22. The maximum atomic E-state index is 12.3. The Hall–Kier alpha value is -2.40. The van der Waals surface area contributed by atoms with Crippen LogP contribution in [0.5, 0.6) is 5.75 Å². The van der Waals surface area contributed by atoms with E-state index in [0.717, 1.165) is 10.4 Å². The highest BCUT2D eigenvalue weighted by atomic mass is 32.1. The lowest BCUT2D eigenvalue weighted by molar-refractivity contribution is -0.136. The van der Waals surface area contributed by atoms with Crippen molar-refractivity contribution in [3.8, 4) is 5.75 Å². The van der Waals surface area contributed by atoms with Crippen LogP contribution in [0.4, 0.5) is 0 Å². The van der Waals surface area contributed by atoms with E-state index in [0.29, 0.717) is 16.9 Å². The van der Waals surface area contributed by atoms with E-state index < -0.39 is 5.97 Å². The highest BCUT2D eigenvalue weighted by Gasteiger charge is 2.12. The number of hydrogen-bond donors (Lipinski definition) is 1. The van der Waals surface area contributed by atoms with Gasteiger partial charge in [-0.25, -0.2) is 0 Å². The fourth-order valence-corrected chi connectivity index (χ4v) is 2.80. The number of ketones is 1. The fourth-order valence-electron chi connectivity index (χ4n) is 2.01. The summed E-state index contributed by atoms with van der Waals surface area (Å²) >= 11 is 1.57. The van der Waals surface area contributed by atoms with Crippen molar-refractivity contribution in [1.82, 2.24) is 0 Å². The molecule has 0 unspecified atom stereocenters. The van der Waals surface area contributed by atoms with Crippen molar-refractivity contribution in [2.75, 3.05) is 7.11 Å². The Morgan fingerprint density at radius 3 is 2.68 bits per heavy atom. The largest absolute Gasteiger partial charge is 0.496 e. The topological polar surface area (TPSA) is 63.6 Å². The Labute approximate surface area is 132 Å². The third kappa shape index (κ3) is 4.05. The number of carboxylic acid groups (broad SMARTS) is 1. The number of carboxylic acids is 1. The van der Waals surface area contributed by atoms with Crippen molar-refractivity contribution in [2.45, 2.75) is 13.3 Å². The standard InChI is InChI=1S/C17H16O4S/c1-11-7-13(22-10-11)4-6-15(18)14-5-3-12(9-17(19)20)8-16(14)21-2/h3-8,10H,9H2,1-2H3,(H,19,20). The SMILES string of the molecule is COc1cc(CC(=O)O)ccc1C(=O)C=Cc1cc(C)cs1. The quantitative estimate of drug-likeness (QED) is 0.653. The molecule has 114 valence electrons. The number of hydrogen-bond acceptors (Lipinski definition) is 4. The van der Waals surface area contributed by atoms with Gasteiger partial charge in [-0.15, -0.1) is 11.3 Å². The van der Waals surface area contributed by atoms with Gasteiger partial charge in [0.1, 0.15) is 5.75 Å². The molecule has 22 heavy (non-hydrogen) atoms. The summed E-state index contributed by atoms with van der Waals surface area (Å²) in [5.41, 5.74) is 2.17. The van der Waals surface area contributed by atoms with Gasteiger partial charge in [0.2, 0.25) is 0 Å². The van der Waals surface area contributed by atoms with Gasteiger partial charge in [-0.2, -0.15) is 0 Å². The third-order valence-corrected chi connectivity index (χ3v) is 4.05. The van der Waals surface area contributed by atoms with Crippen molar-refractivity contribution in [1.29, 1.82) is 0 Å². The number of rotatable bonds is 6. The van der Waals surface area contributed by atoms with Gasteiger partial charge in [-0.3, -0.25) is 9.59 Å². The normalized spacial score (nSPS) is 10.8. The number of carbonyl (C=O) groups is 2. The van der Waals surface area contributed by atoms with Crippen LogP contribution in [0.2, 0.25) is 0 Å². The van der Waals surface area contributed by atoms with E-state index in [2.05, 4.69) is 0 Å². The van der Waals surface area contributed by atoms with Gasteiger partial charge in [0.25, 0.3) is 0 Å². The molecule has 1 heterocycles. The lowest BCUT2D eigenvalue weighted by Gasteiger charge is -2.07. The number of allylic oxidation sites excluding steroid dienone is 1. The Morgan fingerprint density at radius 1 is 1.32 bits per heavy atom. The van der Waals surface area contributed by atoms with Crippen LogP contribution in [-0.4, -0.2) is 24.0 Å². The molecule has 0 aliphatic heterocycles. The van der Waals surface area contributed by atoms with E-state index in [9.17, 15) is 9.59 Å². The second kappa shape index (κ2) is 7.04. The minimum atomic E-state index is -0.922. The van der Waals surface area contributed by atoms with Gasteiger partial charge in [-0.05, 0) is 53.8 Å². The van der Waals surface area contributed by atoms with Crippen LogP contribution in [0, 0.1) is 6.92 Å². The molecule has 1 aromatic carbocycles. The Kier molecular flexibility index (Phi) is 5.12. The molecule has 2 rings (SSSR count). The van der Waals surface area contributed by atoms with E-state index in [4.69, 9.17) is 9.84 Å². The molecule has 0 saturated carbocycles. The van der Waals surface area contributed by atoms with Crippen LogP contribution in [0.15, 0.2) is 35.7 Å². The number of benzene rings is 1. The van der Waals surface area contributed by atoms with Crippen LogP contribution in [0.25, 0.3) is 6.08 Å². The highest BCUT2D eigenvalue weighted by molar-refractivity contribution is 7.11. The van der Waals surface area contributed by atoms with Gasteiger partial charge in [0.05, 0.1) is 19.1 Å². The molecule has 0 saturated heterocycles. The smallest absolute Gasteiger partial charge is 0.307 e. The van der Waals surface area contributed by atoms with Crippen molar-refractivity contribution in [2.24, 2.45) is 0 Å². The van der Waals surface area contributed by atoms with Gasteiger partial charge < -0.3 is 9.84 Å². The Balaban J connectivity index is 2.21. The van der Waals surface area contributed by atoms with Gasteiger partial charge in [0, 0.05) is 4.88 Å². The molecule has 0 spiro atoms. The zero-order valence-electron chi connectivity index (χ0n) is 12.3. The lowest BCUT2D eigenvalue weighted by Crippen LogP contribution is -2.03. The molecule has 4 nitrogen and oxygen atoms in total. The first kappa shape index (κ1) is 16.0. The second-order valence-corrected chi connectivity index (χ2v) is 5.77. The molecule has 0 radical (unpaired) electrons. The molecule has 0 bridgehead atoms. The molecule has 0 aliphatic rings. The van der Waals surface area contributed by atoms with E-state index in [-0.39, 0.29) is 12.2 Å². The predicted octanol–water partition coefficient (Wildman–Crippen LogP) is 3.59. The van der Waals surface area contributed by atoms with Gasteiger partial charge >= 0.3 is 5.97 Å². The van der Waals surface area contributed by atoms with Crippen molar-refractivity contribution in [3.05, 3.63) is 57.3 Å². The molecule has 0 atom stereocenters. The summed E-state index contributed by atoms with van der Waals surface area (Å²) in [5.74, 6) is -0.713. The average Bonchev–Trinajstić information content (AvgIpc) is 2.89. The number of aliphatic carboxylic acids is 1. The number of methoxy groups -OCH3 is 1. The van der Waals surface area contributed by atoms with E-state index in [1.54, 1.807) is 35.6 Å². The summed E-state index contributed by atoms with van der Waals surface area (Å²) in [4.78, 5) is 24.0. The molecule has 5 heteroatoms. The average molecular weight is 316 g/mol. The molecule has 0 fully saturated rings. The number of carbonyl (C=O) groups excluding carboxylic acids is 1. The molecule has 1 aromatic heterocycles. The molecule has 2 aromatic rings. The molecule has 0 amide bonds. The summed E-state index contributed by atoms with van der Waals surface area (Å²) < 4.78 is 5.20. The first-order chi connectivity index (χ1) is 10.5. The first-order valence-electron chi connectivity index (χ1n) is 6.66. The summed E-state index contributed by atoms with van der Waals surface area (Å²) in [6.45, 7) is 2.00. The number of thiophene rings is 1. The Bertz CT molecular complexity index is 728. The van der Waals surface area contributed by atoms with Crippen molar-refractivity contribution < 1.29 is 19.4 Å². The summed E-state index contributed by atoms with van der Waals surface area (Å²) in [7, 11) is 1.46. The minimum Gasteiger partial charge on any atom is -0.496 e. The molecular formula is C17H16O4S. The lowest BCUT2D eigenvalue weighted by atomic mass is 10.0. The van der Waals surface area contributed by atoms with Crippen molar-refractivity contribution >= 4 is 29.2 Å². The maximum Gasteiger partial charge on any atom is 0.307 e. The van der Waals surface area contributed by atoms with Crippen LogP contribution in [-0.2, 0) is 11.2 Å². The van der Waals surface area contributed by atoms with Crippen LogP contribution < -0.4 is 4.74 Å². The summed E-state index contributed by atoms with van der Waals surface area (Å²) in [5, 5.41) is 10.8. The maximum absolute atomic E-state index is 12.3. The fraction of sp³-hybridized carbons (Fsp3) is 0.176. The number of ether oxygens (including phenoxy) is 1. The molecular weight excluding hydrogens is 300 g/mol. The summed E-state index contributed by atoms with van der Waals surface area (Å²) in [6.07, 6.45) is 3.17. The zero-order chi connectivity index (χ0) is 16.1. The van der Waals surface area contributed by atoms with Gasteiger partial charge in [-0.1, -0.05) is 6.07 Å². The monoisotopic (exact) mass is 316 g/mol. The second-order valence-electron chi connectivity index (χ2n) is 4.83. The number of aryl methyl sites for hydroxylation is 1. The van der Waals surface area contributed by atoms with E-state index >= 15 is 0 Å². The Morgan fingerprint density at radius 2 is 2.09 bits per heavy atom. The summed E-state index contributed by atoms with van der Waals surface area (Å²) in [6, 6.07) is 6.82. The first-order valence-corrected chi connectivity index (χ1v) is 7.54. The zero-order valence-corrected chi connectivity index (χ0v) is 13.1. The van der Waals surface area contributed by atoms with Crippen LogP contribution in [0.1, 0.15) is 26.4 Å². The van der Waals surface area contributed by atoms with E-state index in [1.807, 2.05) is 18.4 Å². The van der Waals surface area contributed by atoms with Crippen LogP contribution in [0.3, 0.4) is 0 Å².